The molecular weight excluding hydrogens is 411 g/mol. The summed E-state index contributed by atoms with van der Waals surface area (Å²) < 4.78 is 25.4. The Hall–Kier alpha value is -2.09. The molecule has 0 saturated carbocycles. The third-order valence-corrected chi connectivity index (χ3v) is 6.99. The lowest BCUT2D eigenvalue weighted by atomic mass is 9.95. The number of halogens is 2. The minimum atomic E-state index is -3.74. The SMILES string of the molecule is CC1(C)CS(=O)(=O)N(c2ccc(C(=O)Nc3cccc(Cl)c3Cl)cc2)C1=O. The molecule has 27 heavy (non-hydrogen) atoms. The monoisotopic (exact) mass is 426 g/mol. The molecule has 1 heterocycles. The van der Waals surface area contributed by atoms with Gasteiger partial charge in [-0.3, -0.25) is 9.59 Å². The number of carbonyl (C=O) groups excluding carboxylic acids is 2. The van der Waals surface area contributed by atoms with Crippen LogP contribution in [0.4, 0.5) is 11.4 Å². The molecule has 1 fully saturated rings. The molecule has 9 heteroatoms. The Labute approximate surface area is 167 Å². The summed E-state index contributed by atoms with van der Waals surface area (Å²) in [6, 6.07) is 10.6. The number of hydrogen-bond donors (Lipinski definition) is 1. The number of amides is 2. The van der Waals surface area contributed by atoms with Gasteiger partial charge in [0, 0.05) is 5.56 Å². The van der Waals surface area contributed by atoms with Crippen molar-refractivity contribution in [2.75, 3.05) is 15.4 Å². The van der Waals surface area contributed by atoms with Gasteiger partial charge in [0.1, 0.15) is 0 Å². The van der Waals surface area contributed by atoms with Crippen LogP contribution in [0.1, 0.15) is 24.2 Å². The van der Waals surface area contributed by atoms with Crippen molar-refractivity contribution >= 4 is 56.4 Å². The van der Waals surface area contributed by atoms with Crippen LogP contribution in [0, 0.1) is 5.41 Å². The highest BCUT2D eigenvalue weighted by molar-refractivity contribution is 7.94. The van der Waals surface area contributed by atoms with E-state index >= 15 is 0 Å². The van der Waals surface area contributed by atoms with Crippen LogP contribution in [0.5, 0.6) is 0 Å². The van der Waals surface area contributed by atoms with Gasteiger partial charge in [0.15, 0.2) is 0 Å². The van der Waals surface area contributed by atoms with Crippen LogP contribution >= 0.6 is 23.2 Å². The van der Waals surface area contributed by atoms with E-state index in [4.69, 9.17) is 23.2 Å². The van der Waals surface area contributed by atoms with E-state index in [1.54, 1.807) is 32.0 Å². The standard InChI is InChI=1S/C18H16Cl2N2O4S/c1-18(2)10-27(25,26)22(17(18)24)12-8-6-11(7-9-12)16(23)21-14-5-3-4-13(19)15(14)20/h3-9H,10H2,1-2H3,(H,21,23). The van der Waals surface area contributed by atoms with Crippen LogP contribution in [-0.4, -0.2) is 26.0 Å². The maximum Gasteiger partial charge on any atom is 0.255 e. The van der Waals surface area contributed by atoms with E-state index in [9.17, 15) is 18.0 Å². The molecule has 1 aliphatic rings. The average molecular weight is 427 g/mol. The molecule has 2 amide bonds. The number of carbonyl (C=O) groups is 2. The predicted molar refractivity (Wildman–Crippen MR) is 106 cm³/mol. The Morgan fingerprint density at radius 2 is 1.74 bits per heavy atom. The summed E-state index contributed by atoms with van der Waals surface area (Å²) in [5, 5.41) is 3.17. The van der Waals surface area contributed by atoms with Crippen molar-refractivity contribution in [3.8, 4) is 0 Å². The number of anilines is 2. The van der Waals surface area contributed by atoms with Crippen molar-refractivity contribution in [2.24, 2.45) is 5.41 Å². The first-order valence-corrected chi connectivity index (χ1v) is 10.3. The van der Waals surface area contributed by atoms with E-state index < -0.39 is 27.3 Å². The summed E-state index contributed by atoms with van der Waals surface area (Å²) in [4.78, 5) is 24.8. The smallest absolute Gasteiger partial charge is 0.255 e. The molecule has 2 aromatic carbocycles. The van der Waals surface area contributed by atoms with E-state index in [1.807, 2.05) is 0 Å². The molecule has 0 atom stereocenters. The summed E-state index contributed by atoms with van der Waals surface area (Å²) in [5.74, 6) is -1.19. The van der Waals surface area contributed by atoms with Crippen LogP contribution in [0.25, 0.3) is 0 Å². The summed E-state index contributed by atoms with van der Waals surface area (Å²) in [7, 11) is -3.74. The molecule has 6 nitrogen and oxygen atoms in total. The van der Waals surface area contributed by atoms with Crippen molar-refractivity contribution in [3.63, 3.8) is 0 Å². The molecule has 0 unspecified atom stereocenters. The Balaban J connectivity index is 1.84. The van der Waals surface area contributed by atoms with Gasteiger partial charge in [-0.05, 0) is 50.2 Å². The highest BCUT2D eigenvalue weighted by Crippen LogP contribution is 2.36. The topological polar surface area (TPSA) is 83.6 Å². The number of sulfonamides is 1. The second-order valence-corrected chi connectivity index (χ2v) is 9.41. The summed E-state index contributed by atoms with van der Waals surface area (Å²) >= 11 is 12.0. The van der Waals surface area contributed by atoms with Gasteiger partial charge in [-0.1, -0.05) is 29.3 Å². The number of nitrogens with one attached hydrogen (secondary N) is 1. The van der Waals surface area contributed by atoms with E-state index in [0.717, 1.165) is 4.31 Å². The molecule has 0 spiro atoms. The summed E-state index contributed by atoms with van der Waals surface area (Å²) in [5.41, 5.74) is -0.156. The fraction of sp³-hybridized carbons (Fsp3) is 0.222. The van der Waals surface area contributed by atoms with Crippen molar-refractivity contribution in [1.29, 1.82) is 0 Å². The Morgan fingerprint density at radius 1 is 1.11 bits per heavy atom. The van der Waals surface area contributed by atoms with Crippen molar-refractivity contribution in [3.05, 3.63) is 58.1 Å². The molecule has 142 valence electrons. The maximum absolute atomic E-state index is 12.4. The lowest BCUT2D eigenvalue weighted by Gasteiger charge is -2.17. The molecular formula is C18H16Cl2N2O4S. The lowest BCUT2D eigenvalue weighted by Crippen LogP contribution is -2.32. The molecule has 1 N–H and O–H groups in total. The van der Waals surface area contributed by atoms with Crippen molar-refractivity contribution in [2.45, 2.75) is 13.8 Å². The van der Waals surface area contributed by atoms with Gasteiger partial charge in [-0.25, -0.2) is 12.7 Å². The quantitative estimate of drug-likeness (QED) is 0.804. The number of nitrogens with zero attached hydrogens (tertiary/aromatic N) is 1. The molecule has 3 rings (SSSR count). The molecule has 0 aliphatic carbocycles. The van der Waals surface area contributed by atoms with Gasteiger partial charge in [0.25, 0.3) is 5.91 Å². The predicted octanol–water partition coefficient (Wildman–Crippen LogP) is 3.95. The Bertz CT molecular complexity index is 1030. The van der Waals surface area contributed by atoms with Gasteiger partial charge >= 0.3 is 0 Å². The highest BCUT2D eigenvalue weighted by Gasteiger charge is 2.49. The van der Waals surface area contributed by atoms with Crippen LogP contribution in [0.3, 0.4) is 0 Å². The van der Waals surface area contributed by atoms with Gasteiger partial charge in [-0.15, -0.1) is 0 Å². The molecule has 2 aromatic rings. The van der Waals surface area contributed by atoms with E-state index in [-0.39, 0.29) is 22.0 Å². The van der Waals surface area contributed by atoms with E-state index in [0.29, 0.717) is 10.7 Å². The van der Waals surface area contributed by atoms with E-state index in [1.165, 1.54) is 24.3 Å². The van der Waals surface area contributed by atoms with Crippen LogP contribution in [0.2, 0.25) is 10.0 Å². The molecule has 0 bridgehead atoms. The lowest BCUT2D eigenvalue weighted by molar-refractivity contribution is -0.123. The minimum Gasteiger partial charge on any atom is -0.321 e. The Kier molecular flexibility index (Phi) is 4.96. The number of rotatable bonds is 3. The first-order chi connectivity index (χ1) is 12.5. The minimum absolute atomic E-state index is 0.197. The van der Waals surface area contributed by atoms with Crippen LogP contribution < -0.4 is 9.62 Å². The molecule has 1 aliphatic heterocycles. The second kappa shape index (κ2) is 6.82. The first kappa shape index (κ1) is 19.7. The number of hydrogen-bond acceptors (Lipinski definition) is 4. The fourth-order valence-electron chi connectivity index (χ4n) is 2.80. The summed E-state index contributed by atoms with van der Waals surface area (Å²) in [6.07, 6.45) is 0. The fourth-order valence-corrected chi connectivity index (χ4v) is 5.26. The van der Waals surface area contributed by atoms with Gasteiger partial charge in [-0.2, -0.15) is 0 Å². The van der Waals surface area contributed by atoms with Crippen LogP contribution in [0.15, 0.2) is 42.5 Å². The zero-order valence-electron chi connectivity index (χ0n) is 14.5. The highest BCUT2D eigenvalue weighted by atomic mass is 35.5. The molecule has 0 radical (unpaired) electrons. The zero-order chi connectivity index (χ0) is 20.0. The normalized spacial score (nSPS) is 17.8. The van der Waals surface area contributed by atoms with Crippen LogP contribution in [-0.2, 0) is 14.8 Å². The van der Waals surface area contributed by atoms with Crippen molar-refractivity contribution in [1.82, 2.24) is 0 Å². The third kappa shape index (κ3) is 3.67. The van der Waals surface area contributed by atoms with Crippen molar-refractivity contribution < 1.29 is 18.0 Å². The van der Waals surface area contributed by atoms with Gasteiger partial charge in [0.2, 0.25) is 15.9 Å². The second-order valence-electron chi connectivity index (χ2n) is 6.81. The van der Waals surface area contributed by atoms with E-state index in [2.05, 4.69) is 5.32 Å². The third-order valence-electron chi connectivity index (χ3n) is 4.15. The Morgan fingerprint density at radius 3 is 2.30 bits per heavy atom. The zero-order valence-corrected chi connectivity index (χ0v) is 16.8. The number of benzene rings is 2. The molecule has 0 aromatic heterocycles. The largest absolute Gasteiger partial charge is 0.321 e. The average Bonchev–Trinajstić information content (AvgIpc) is 2.75. The maximum atomic E-state index is 12.4. The van der Waals surface area contributed by atoms with Gasteiger partial charge in [0.05, 0.1) is 32.6 Å². The molecule has 1 saturated heterocycles. The first-order valence-electron chi connectivity index (χ1n) is 7.96. The van der Waals surface area contributed by atoms with Gasteiger partial charge < -0.3 is 5.32 Å². The summed E-state index contributed by atoms with van der Waals surface area (Å²) in [6.45, 7) is 3.17.